The zero-order chi connectivity index (χ0) is 24.1. The summed E-state index contributed by atoms with van der Waals surface area (Å²) in [6.45, 7) is 0.314. The normalized spacial score (nSPS) is 16.4. The fourth-order valence-corrected chi connectivity index (χ4v) is 3.71. The van der Waals surface area contributed by atoms with E-state index >= 15 is 0 Å². The number of carbonyl (C=O) groups is 2. The Labute approximate surface area is 195 Å². The lowest BCUT2D eigenvalue weighted by Crippen LogP contribution is -2.67. The third kappa shape index (κ3) is 5.48. The van der Waals surface area contributed by atoms with Crippen molar-refractivity contribution in [3.8, 4) is 0 Å². The molecule has 0 spiro atoms. The number of anilines is 1. The summed E-state index contributed by atoms with van der Waals surface area (Å²) in [7, 11) is 0. The Morgan fingerprint density at radius 3 is 2.15 bits per heavy atom. The number of imide groups is 1. The Bertz CT molecular complexity index is 1140. The lowest BCUT2D eigenvalue weighted by molar-refractivity contribution is -0.137. The van der Waals surface area contributed by atoms with E-state index in [1.165, 1.54) is 17.0 Å². The summed E-state index contributed by atoms with van der Waals surface area (Å²) in [4.78, 5) is 28.7. The average molecular weight is 468 g/mol. The molecule has 4 amide bonds. The van der Waals surface area contributed by atoms with Crippen molar-refractivity contribution in [2.75, 3.05) is 11.9 Å². The Kier molecular flexibility index (Phi) is 6.72. The molecular formula is C25H23F3N4O2. The summed E-state index contributed by atoms with van der Waals surface area (Å²) >= 11 is 0. The average Bonchev–Trinajstić information content (AvgIpc) is 2.82. The van der Waals surface area contributed by atoms with E-state index in [0.717, 1.165) is 28.2 Å². The van der Waals surface area contributed by atoms with Gasteiger partial charge >= 0.3 is 18.2 Å². The Morgan fingerprint density at radius 1 is 0.853 bits per heavy atom. The van der Waals surface area contributed by atoms with Crippen LogP contribution in [0.5, 0.6) is 0 Å². The van der Waals surface area contributed by atoms with E-state index in [0.29, 0.717) is 6.42 Å². The highest BCUT2D eigenvalue weighted by atomic mass is 19.4. The summed E-state index contributed by atoms with van der Waals surface area (Å²) < 4.78 is 39.4. The summed E-state index contributed by atoms with van der Waals surface area (Å²) in [6.07, 6.45) is -5.02. The Balaban J connectivity index is 1.57. The van der Waals surface area contributed by atoms with Gasteiger partial charge in [0.2, 0.25) is 0 Å². The van der Waals surface area contributed by atoms with E-state index in [2.05, 4.69) is 10.6 Å². The molecule has 6 nitrogen and oxygen atoms in total. The van der Waals surface area contributed by atoms with Gasteiger partial charge in [0.1, 0.15) is 0 Å². The molecule has 9 heteroatoms. The van der Waals surface area contributed by atoms with E-state index < -0.39 is 30.1 Å². The molecule has 1 saturated heterocycles. The number of benzene rings is 3. The van der Waals surface area contributed by atoms with Crippen molar-refractivity contribution in [3.05, 3.63) is 102 Å². The highest BCUT2D eigenvalue weighted by Gasteiger charge is 2.38. The molecule has 0 aromatic heterocycles. The van der Waals surface area contributed by atoms with Crippen LogP contribution in [0.15, 0.2) is 84.9 Å². The van der Waals surface area contributed by atoms with Crippen LogP contribution in [-0.2, 0) is 19.1 Å². The lowest BCUT2D eigenvalue weighted by atomic mass is 10.1. The maximum atomic E-state index is 13.4. The highest BCUT2D eigenvalue weighted by Crippen LogP contribution is 2.31. The zero-order valence-corrected chi connectivity index (χ0v) is 18.1. The second-order valence-corrected chi connectivity index (χ2v) is 7.86. The van der Waals surface area contributed by atoms with E-state index in [4.69, 9.17) is 0 Å². The van der Waals surface area contributed by atoms with Gasteiger partial charge in [-0.3, -0.25) is 10.2 Å². The predicted molar refractivity (Wildman–Crippen MR) is 122 cm³/mol. The van der Waals surface area contributed by atoms with Crippen molar-refractivity contribution in [2.24, 2.45) is 0 Å². The first-order chi connectivity index (χ1) is 16.3. The van der Waals surface area contributed by atoms with Gasteiger partial charge in [0.25, 0.3) is 0 Å². The summed E-state index contributed by atoms with van der Waals surface area (Å²) in [5, 5.41) is 5.58. The van der Waals surface area contributed by atoms with Gasteiger partial charge in [-0.2, -0.15) is 13.2 Å². The molecule has 1 atom stereocenters. The van der Waals surface area contributed by atoms with Gasteiger partial charge in [0, 0.05) is 12.2 Å². The second kappa shape index (κ2) is 9.86. The maximum Gasteiger partial charge on any atom is 0.416 e. The molecule has 0 aliphatic carbocycles. The predicted octanol–water partition coefficient (Wildman–Crippen LogP) is 5.29. The van der Waals surface area contributed by atoms with Crippen molar-refractivity contribution in [1.29, 1.82) is 0 Å². The SMILES string of the molecule is O=C1NC(Nc2cccc(C(F)(F)F)c2)N(CCc2ccccc2)C(=O)N1Cc1ccccc1. The van der Waals surface area contributed by atoms with Crippen molar-refractivity contribution in [1.82, 2.24) is 15.1 Å². The quantitative estimate of drug-likeness (QED) is 0.495. The Morgan fingerprint density at radius 2 is 1.50 bits per heavy atom. The lowest BCUT2D eigenvalue weighted by Gasteiger charge is -2.41. The minimum absolute atomic E-state index is 0.0730. The monoisotopic (exact) mass is 468 g/mol. The van der Waals surface area contributed by atoms with Gasteiger partial charge in [-0.15, -0.1) is 0 Å². The molecule has 176 valence electrons. The van der Waals surface area contributed by atoms with Crippen LogP contribution in [0.4, 0.5) is 28.4 Å². The number of nitrogens with zero attached hydrogens (tertiary/aromatic N) is 2. The first-order valence-corrected chi connectivity index (χ1v) is 10.7. The molecule has 3 aromatic rings. The van der Waals surface area contributed by atoms with Crippen LogP contribution in [0.3, 0.4) is 0 Å². The van der Waals surface area contributed by atoms with Gasteiger partial charge < -0.3 is 5.32 Å². The molecule has 1 fully saturated rings. The van der Waals surface area contributed by atoms with Crippen LogP contribution >= 0.6 is 0 Å². The van der Waals surface area contributed by atoms with Crippen molar-refractivity contribution < 1.29 is 22.8 Å². The minimum Gasteiger partial charge on any atom is -0.348 e. The number of carbonyl (C=O) groups excluding carboxylic acids is 2. The third-order valence-corrected chi connectivity index (χ3v) is 5.45. The number of hydrogen-bond donors (Lipinski definition) is 2. The molecule has 34 heavy (non-hydrogen) atoms. The molecule has 4 rings (SSSR count). The molecule has 1 aliphatic heterocycles. The number of rotatable bonds is 7. The van der Waals surface area contributed by atoms with E-state index in [-0.39, 0.29) is 18.8 Å². The summed E-state index contributed by atoms with van der Waals surface area (Å²) in [5.41, 5.74) is 1.07. The van der Waals surface area contributed by atoms with Crippen molar-refractivity contribution in [3.63, 3.8) is 0 Å². The van der Waals surface area contributed by atoms with Gasteiger partial charge in [-0.1, -0.05) is 66.7 Å². The van der Waals surface area contributed by atoms with Crippen LogP contribution in [0, 0.1) is 0 Å². The zero-order valence-electron chi connectivity index (χ0n) is 18.1. The summed E-state index contributed by atoms with van der Waals surface area (Å²) in [6, 6.07) is 22.0. The molecular weight excluding hydrogens is 445 g/mol. The fraction of sp³-hybridized carbons (Fsp3) is 0.200. The topological polar surface area (TPSA) is 64.7 Å². The summed E-state index contributed by atoms with van der Waals surface area (Å²) in [5.74, 6) is 0. The van der Waals surface area contributed by atoms with Crippen LogP contribution in [0.1, 0.15) is 16.7 Å². The number of halogens is 3. The van der Waals surface area contributed by atoms with E-state index in [1.807, 2.05) is 60.7 Å². The molecule has 0 saturated carbocycles. The molecule has 0 bridgehead atoms. The number of alkyl halides is 3. The van der Waals surface area contributed by atoms with Gasteiger partial charge in [0.15, 0.2) is 6.29 Å². The highest BCUT2D eigenvalue weighted by molar-refractivity contribution is 5.96. The first-order valence-electron chi connectivity index (χ1n) is 10.7. The van der Waals surface area contributed by atoms with E-state index in [1.54, 1.807) is 0 Å². The van der Waals surface area contributed by atoms with Crippen LogP contribution in [0.25, 0.3) is 0 Å². The largest absolute Gasteiger partial charge is 0.416 e. The molecule has 1 heterocycles. The number of urea groups is 2. The van der Waals surface area contributed by atoms with Gasteiger partial charge in [0.05, 0.1) is 12.1 Å². The number of nitrogens with one attached hydrogen (secondary N) is 2. The van der Waals surface area contributed by atoms with Crippen LogP contribution < -0.4 is 10.6 Å². The van der Waals surface area contributed by atoms with Crippen LogP contribution in [0.2, 0.25) is 0 Å². The molecule has 2 N–H and O–H groups in total. The van der Waals surface area contributed by atoms with Crippen molar-refractivity contribution >= 4 is 17.7 Å². The molecule has 0 radical (unpaired) electrons. The number of hydrogen-bond acceptors (Lipinski definition) is 3. The third-order valence-electron chi connectivity index (χ3n) is 5.45. The number of amides is 4. The van der Waals surface area contributed by atoms with Gasteiger partial charge in [-0.25, -0.2) is 14.5 Å². The maximum absolute atomic E-state index is 13.4. The minimum atomic E-state index is -4.51. The Hall–Kier alpha value is -4.01. The molecule has 3 aromatic carbocycles. The smallest absolute Gasteiger partial charge is 0.348 e. The van der Waals surface area contributed by atoms with Crippen LogP contribution in [-0.4, -0.2) is 34.7 Å². The second-order valence-electron chi connectivity index (χ2n) is 7.86. The molecule has 1 aliphatic rings. The van der Waals surface area contributed by atoms with E-state index in [9.17, 15) is 22.8 Å². The van der Waals surface area contributed by atoms with Gasteiger partial charge in [-0.05, 0) is 35.7 Å². The van der Waals surface area contributed by atoms with Crippen molar-refractivity contribution in [2.45, 2.75) is 25.4 Å². The standard InChI is InChI=1S/C25H23F3N4O2/c26-25(27,28)20-12-7-13-21(16-20)29-22-30-23(33)32(17-19-10-5-2-6-11-19)24(34)31(22)15-14-18-8-3-1-4-9-18/h1-13,16,22,29H,14-15,17H2,(H,30,33). The first kappa shape index (κ1) is 23.2. The fourth-order valence-electron chi connectivity index (χ4n) is 3.71. The molecule has 1 unspecified atom stereocenters.